The zero-order valence-corrected chi connectivity index (χ0v) is 13.9. The molecule has 1 aliphatic heterocycles. The van der Waals surface area contributed by atoms with Crippen molar-refractivity contribution in [3.05, 3.63) is 41.4 Å². The van der Waals surface area contributed by atoms with Gasteiger partial charge in [0.1, 0.15) is 0 Å². The molecule has 5 heteroatoms. The number of nitrogens with zero attached hydrogens (tertiary/aromatic N) is 2. The minimum Gasteiger partial charge on any atom is -0.340 e. The van der Waals surface area contributed by atoms with Crippen molar-refractivity contribution in [2.45, 2.75) is 18.8 Å². The molecule has 1 aromatic carbocycles. The normalized spacial score (nSPS) is 25.0. The SMILES string of the molecule is O=C(C1CC=CCC1c1nc2ccccc2s1)N1CCNCC1. The molecule has 1 aromatic heterocycles. The molecule has 4 nitrogen and oxygen atoms in total. The second-order valence-corrected chi connectivity index (χ2v) is 7.31. The summed E-state index contributed by atoms with van der Waals surface area (Å²) in [4.78, 5) is 19.8. The highest BCUT2D eigenvalue weighted by atomic mass is 32.1. The number of aromatic nitrogens is 1. The van der Waals surface area contributed by atoms with Gasteiger partial charge >= 0.3 is 0 Å². The lowest BCUT2D eigenvalue weighted by Gasteiger charge is -2.34. The maximum absolute atomic E-state index is 13.0. The number of benzene rings is 1. The van der Waals surface area contributed by atoms with Gasteiger partial charge in [0, 0.05) is 32.1 Å². The predicted octanol–water partition coefficient (Wildman–Crippen LogP) is 2.78. The van der Waals surface area contributed by atoms with Crippen molar-refractivity contribution in [3.63, 3.8) is 0 Å². The molecule has 2 atom stereocenters. The van der Waals surface area contributed by atoms with Crippen molar-refractivity contribution in [1.29, 1.82) is 0 Å². The van der Waals surface area contributed by atoms with Crippen molar-refractivity contribution in [3.8, 4) is 0 Å². The molecule has 4 rings (SSSR count). The summed E-state index contributed by atoms with van der Waals surface area (Å²) in [6.07, 6.45) is 6.12. The van der Waals surface area contributed by atoms with Gasteiger partial charge in [0.25, 0.3) is 0 Å². The monoisotopic (exact) mass is 327 g/mol. The molecule has 1 fully saturated rings. The fourth-order valence-electron chi connectivity index (χ4n) is 3.53. The van der Waals surface area contributed by atoms with Gasteiger partial charge in [-0.3, -0.25) is 4.79 Å². The van der Waals surface area contributed by atoms with Crippen LogP contribution in [0.3, 0.4) is 0 Å². The van der Waals surface area contributed by atoms with E-state index in [4.69, 9.17) is 4.98 Å². The van der Waals surface area contributed by atoms with Gasteiger partial charge in [0.2, 0.25) is 5.91 Å². The van der Waals surface area contributed by atoms with E-state index in [0.717, 1.165) is 49.5 Å². The second kappa shape index (κ2) is 6.42. The number of fused-ring (bicyclic) bond motifs is 1. The van der Waals surface area contributed by atoms with Crippen LogP contribution in [0.4, 0.5) is 0 Å². The maximum Gasteiger partial charge on any atom is 0.226 e. The quantitative estimate of drug-likeness (QED) is 0.863. The lowest BCUT2D eigenvalue weighted by atomic mass is 9.82. The number of rotatable bonds is 2. The summed E-state index contributed by atoms with van der Waals surface area (Å²) < 4.78 is 1.21. The third-order valence-electron chi connectivity index (χ3n) is 4.81. The lowest BCUT2D eigenvalue weighted by Crippen LogP contribution is -2.49. The van der Waals surface area contributed by atoms with Crippen LogP contribution in [-0.2, 0) is 4.79 Å². The summed E-state index contributed by atoms with van der Waals surface area (Å²) in [7, 11) is 0. The Morgan fingerprint density at radius 3 is 2.78 bits per heavy atom. The molecule has 2 unspecified atom stereocenters. The molecule has 1 aliphatic carbocycles. The Morgan fingerprint density at radius 2 is 1.96 bits per heavy atom. The van der Waals surface area contributed by atoms with Crippen LogP contribution >= 0.6 is 11.3 Å². The Labute approximate surface area is 140 Å². The number of hydrogen-bond donors (Lipinski definition) is 1. The number of hydrogen-bond acceptors (Lipinski definition) is 4. The first-order valence-corrected chi connectivity index (χ1v) is 9.14. The molecule has 0 saturated carbocycles. The number of carbonyl (C=O) groups is 1. The highest BCUT2D eigenvalue weighted by Crippen LogP contribution is 2.39. The fourth-order valence-corrected chi connectivity index (χ4v) is 4.67. The highest BCUT2D eigenvalue weighted by Gasteiger charge is 2.35. The molecule has 2 aliphatic rings. The number of para-hydroxylation sites is 1. The summed E-state index contributed by atoms with van der Waals surface area (Å²) in [6.45, 7) is 3.46. The van der Waals surface area contributed by atoms with E-state index in [1.165, 1.54) is 4.70 Å². The van der Waals surface area contributed by atoms with Gasteiger partial charge in [-0.05, 0) is 25.0 Å². The van der Waals surface area contributed by atoms with Gasteiger partial charge in [-0.15, -0.1) is 11.3 Å². The maximum atomic E-state index is 13.0. The van der Waals surface area contributed by atoms with Crippen molar-refractivity contribution in [2.75, 3.05) is 26.2 Å². The van der Waals surface area contributed by atoms with Crippen LogP contribution < -0.4 is 5.32 Å². The molecule has 2 aromatic rings. The van der Waals surface area contributed by atoms with E-state index < -0.39 is 0 Å². The summed E-state index contributed by atoms with van der Waals surface area (Å²) >= 11 is 1.74. The first-order valence-electron chi connectivity index (χ1n) is 8.33. The topological polar surface area (TPSA) is 45.2 Å². The van der Waals surface area contributed by atoms with Gasteiger partial charge in [0.05, 0.1) is 21.1 Å². The van der Waals surface area contributed by atoms with E-state index in [2.05, 4.69) is 35.7 Å². The molecular formula is C18H21N3OS. The van der Waals surface area contributed by atoms with Crippen LogP contribution in [0.5, 0.6) is 0 Å². The predicted molar refractivity (Wildman–Crippen MR) is 93.7 cm³/mol. The molecule has 2 heterocycles. The summed E-state index contributed by atoms with van der Waals surface area (Å²) in [5.74, 6) is 0.568. The molecule has 1 saturated heterocycles. The third kappa shape index (κ3) is 2.91. The molecule has 1 N–H and O–H groups in total. The van der Waals surface area contributed by atoms with E-state index in [1.807, 2.05) is 11.0 Å². The highest BCUT2D eigenvalue weighted by molar-refractivity contribution is 7.18. The van der Waals surface area contributed by atoms with Crippen molar-refractivity contribution >= 4 is 27.5 Å². The molecule has 0 spiro atoms. The number of amides is 1. The van der Waals surface area contributed by atoms with Gasteiger partial charge in [-0.25, -0.2) is 4.98 Å². The van der Waals surface area contributed by atoms with E-state index in [1.54, 1.807) is 11.3 Å². The molecule has 1 amide bonds. The lowest BCUT2D eigenvalue weighted by molar-refractivity contribution is -0.137. The van der Waals surface area contributed by atoms with E-state index in [0.29, 0.717) is 5.91 Å². The van der Waals surface area contributed by atoms with Crippen LogP contribution in [0.1, 0.15) is 23.8 Å². The minimum atomic E-state index is 0.0404. The van der Waals surface area contributed by atoms with Gasteiger partial charge < -0.3 is 10.2 Å². The zero-order chi connectivity index (χ0) is 15.6. The number of piperazine rings is 1. The molecule has 0 radical (unpaired) electrons. The van der Waals surface area contributed by atoms with Crippen molar-refractivity contribution in [1.82, 2.24) is 15.2 Å². The molecule has 23 heavy (non-hydrogen) atoms. The van der Waals surface area contributed by atoms with Crippen LogP contribution in [0.25, 0.3) is 10.2 Å². The third-order valence-corrected chi connectivity index (χ3v) is 5.97. The average molecular weight is 327 g/mol. The fraction of sp³-hybridized carbons (Fsp3) is 0.444. The number of nitrogens with one attached hydrogen (secondary N) is 1. The Bertz CT molecular complexity index is 700. The van der Waals surface area contributed by atoms with Crippen LogP contribution in [0.2, 0.25) is 0 Å². The summed E-state index contributed by atoms with van der Waals surface area (Å²) in [5, 5.41) is 4.43. The van der Waals surface area contributed by atoms with E-state index in [9.17, 15) is 4.79 Å². The largest absolute Gasteiger partial charge is 0.340 e. The molecule has 120 valence electrons. The summed E-state index contributed by atoms with van der Waals surface area (Å²) in [6, 6.07) is 8.24. The van der Waals surface area contributed by atoms with Crippen molar-refractivity contribution < 1.29 is 4.79 Å². The zero-order valence-electron chi connectivity index (χ0n) is 13.1. The smallest absolute Gasteiger partial charge is 0.226 e. The standard InChI is InChI=1S/C18H21N3OS/c22-18(21-11-9-19-10-12-21)14-6-2-1-5-13(14)17-20-15-7-3-4-8-16(15)23-17/h1-4,7-8,13-14,19H,5-6,9-12H2. The van der Waals surface area contributed by atoms with E-state index in [-0.39, 0.29) is 11.8 Å². The number of thiazole rings is 1. The Hall–Kier alpha value is -1.72. The first kappa shape index (κ1) is 14.8. The van der Waals surface area contributed by atoms with Gasteiger partial charge in [-0.1, -0.05) is 24.3 Å². The Balaban J connectivity index is 1.62. The Kier molecular flexibility index (Phi) is 4.14. The van der Waals surface area contributed by atoms with Crippen LogP contribution in [0, 0.1) is 5.92 Å². The average Bonchev–Trinajstić information content (AvgIpc) is 3.06. The first-order chi connectivity index (χ1) is 11.3. The Morgan fingerprint density at radius 1 is 1.17 bits per heavy atom. The summed E-state index contributed by atoms with van der Waals surface area (Å²) in [5.41, 5.74) is 1.05. The molecular weight excluding hydrogens is 306 g/mol. The van der Waals surface area contributed by atoms with Crippen molar-refractivity contribution in [2.24, 2.45) is 5.92 Å². The van der Waals surface area contributed by atoms with E-state index >= 15 is 0 Å². The number of carbonyl (C=O) groups excluding carboxylic acids is 1. The van der Waals surface area contributed by atoms with Crippen LogP contribution in [-0.4, -0.2) is 42.0 Å². The number of allylic oxidation sites excluding steroid dienone is 2. The van der Waals surface area contributed by atoms with Gasteiger partial charge in [0.15, 0.2) is 0 Å². The minimum absolute atomic E-state index is 0.0404. The van der Waals surface area contributed by atoms with Gasteiger partial charge in [-0.2, -0.15) is 0 Å². The second-order valence-electron chi connectivity index (χ2n) is 6.25. The van der Waals surface area contributed by atoms with Crippen LogP contribution in [0.15, 0.2) is 36.4 Å². The molecule has 0 bridgehead atoms.